The molecule has 0 amide bonds. The number of aromatic nitrogens is 1. The van der Waals surface area contributed by atoms with Gasteiger partial charge in [-0.2, -0.15) is 4.39 Å². The van der Waals surface area contributed by atoms with Gasteiger partial charge < -0.3 is 9.47 Å². The molecular weight excluding hydrogens is 272 g/mol. The number of esters is 1. The Balaban J connectivity index is 2.89. The minimum Gasteiger partial charge on any atom is -0.494 e. The predicted molar refractivity (Wildman–Crippen MR) is 67.2 cm³/mol. The molecule has 0 atom stereocenters. The van der Waals surface area contributed by atoms with Crippen LogP contribution in [0, 0.1) is 5.95 Å². The van der Waals surface area contributed by atoms with Crippen molar-refractivity contribution in [2.45, 2.75) is 6.92 Å². The molecule has 0 unspecified atom stereocenters. The van der Waals surface area contributed by atoms with E-state index in [9.17, 15) is 18.5 Å². The number of nitrogens with zero attached hydrogens (tertiary/aromatic N) is 1. The van der Waals surface area contributed by atoms with Crippen LogP contribution in [0.3, 0.4) is 0 Å². The fourth-order valence-electron chi connectivity index (χ4n) is 1.88. The van der Waals surface area contributed by atoms with E-state index in [1.165, 1.54) is 32.2 Å². The first-order chi connectivity index (χ1) is 9.52. The van der Waals surface area contributed by atoms with Gasteiger partial charge in [0.15, 0.2) is 5.56 Å². The first kappa shape index (κ1) is 14.0. The molecule has 0 aliphatic heterocycles. The summed E-state index contributed by atoms with van der Waals surface area (Å²) in [6.07, 6.45) is 0. The van der Waals surface area contributed by atoms with E-state index in [-0.39, 0.29) is 28.0 Å². The molecule has 2 rings (SSSR count). The van der Waals surface area contributed by atoms with Crippen LogP contribution in [0.15, 0.2) is 23.0 Å². The Morgan fingerprint density at radius 1 is 1.40 bits per heavy atom. The number of ether oxygens (including phenoxy) is 2. The Morgan fingerprint density at radius 3 is 2.70 bits per heavy atom. The number of pyridine rings is 1. The van der Waals surface area contributed by atoms with E-state index in [2.05, 4.69) is 4.74 Å². The number of benzene rings is 1. The normalized spacial score (nSPS) is 10.6. The van der Waals surface area contributed by atoms with Gasteiger partial charge in [-0.3, -0.25) is 4.79 Å². The van der Waals surface area contributed by atoms with Crippen molar-refractivity contribution in [1.29, 1.82) is 0 Å². The number of halogens is 2. The zero-order chi connectivity index (χ0) is 14.9. The smallest absolute Gasteiger partial charge is 0.346 e. The van der Waals surface area contributed by atoms with E-state index in [1.807, 2.05) is 0 Å². The molecule has 20 heavy (non-hydrogen) atoms. The summed E-state index contributed by atoms with van der Waals surface area (Å²) in [5.74, 6) is -2.83. The van der Waals surface area contributed by atoms with Crippen LogP contribution in [-0.4, -0.2) is 24.5 Å². The molecule has 2 aromatic rings. The highest BCUT2D eigenvalue weighted by molar-refractivity contribution is 5.95. The summed E-state index contributed by atoms with van der Waals surface area (Å²) in [6.45, 7) is 1.44. The predicted octanol–water partition coefficient (Wildman–Crippen LogP) is 2.06. The van der Waals surface area contributed by atoms with Crippen LogP contribution >= 0.6 is 0 Å². The Labute approximate surface area is 112 Å². The first-order valence-corrected chi connectivity index (χ1v) is 5.77. The second-order valence-corrected chi connectivity index (χ2v) is 3.85. The minimum atomic E-state index is -1.61. The lowest BCUT2D eigenvalue weighted by molar-refractivity contribution is 0.0514. The number of hydrogen-bond acceptors (Lipinski definition) is 4. The van der Waals surface area contributed by atoms with Crippen LogP contribution in [0.5, 0.6) is 5.75 Å². The lowest BCUT2D eigenvalue weighted by atomic mass is 10.1. The standard InChI is InChI=1S/C13H11F2NO4/c1-3-20-13(18)9-11(17)7-5-4-6-8(19-2)10(7)16(15)12(9)14/h4-6H,3H2,1-2H3. The zero-order valence-corrected chi connectivity index (χ0v) is 10.8. The third-order valence-electron chi connectivity index (χ3n) is 2.75. The number of methoxy groups -OCH3 is 1. The van der Waals surface area contributed by atoms with Gasteiger partial charge in [-0.25, -0.2) is 4.79 Å². The topological polar surface area (TPSA) is 57.5 Å². The third kappa shape index (κ3) is 2.01. The zero-order valence-electron chi connectivity index (χ0n) is 10.8. The maximum absolute atomic E-state index is 14.0. The average Bonchev–Trinajstić information content (AvgIpc) is 2.44. The Bertz CT molecular complexity index is 739. The molecule has 0 saturated heterocycles. The molecule has 0 aliphatic rings. The summed E-state index contributed by atoms with van der Waals surface area (Å²) in [5, 5.41) is -0.170. The van der Waals surface area contributed by atoms with Crippen molar-refractivity contribution in [2.24, 2.45) is 0 Å². The van der Waals surface area contributed by atoms with Gasteiger partial charge in [-0.05, 0) is 19.1 Å². The fraction of sp³-hybridized carbons (Fsp3) is 0.231. The second-order valence-electron chi connectivity index (χ2n) is 3.85. The SMILES string of the molecule is CCOC(=O)c1c(F)n(F)c2c(OC)cccc2c1=O. The van der Waals surface area contributed by atoms with Crippen molar-refractivity contribution in [1.82, 2.24) is 4.79 Å². The molecule has 106 valence electrons. The van der Waals surface area contributed by atoms with E-state index < -0.39 is 22.9 Å². The van der Waals surface area contributed by atoms with E-state index in [1.54, 1.807) is 0 Å². The van der Waals surface area contributed by atoms with Crippen LogP contribution < -0.4 is 10.2 Å². The summed E-state index contributed by atoms with van der Waals surface area (Å²) in [6, 6.07) is 4.09. The number of fused-ring (bicyclic) bond motifs is 1. The third-order valence-corrected chi connectivity index (χ3v) is 2.75. The van der Waals surface area contributed by atoms with Crippen molar-refractivity contribution >= 4 is 16.9 Å². The van der Waals surface area contributed by atoms with Gasteiger partial charge >= 0.3 is 5.97 Å². The maximum Gasteiger partial charge on any atom is 0.346 e. The van der Waals surface area contributed by atoms with Crippen LogP contribution in [0.4, 0.5) is 8.87 Å². The molecule has 0 N–H and O–H groups in total. The number of para-hydroxylation sites is 1. The molecule has 0 radical (unpaired) electrons. The van der Waals surface area contributed by atoms with Crippen molar-refractivity contribution < 1.29 is 23.1 Å². The summed E-state index contributed by atoms with van der Waals surface area (Å²) in [7, 11) is 1.26. The number of carbonyl (C=O) groups excluding carboxylic acids is 1. The molecule has 0 spiro atoms. The molecular formula is C13H11F2NO4. The monoisotopic (exact) mass is 283 g/mol. The van der Waals surface area contributed by atoms with E-state index >= 15 is 0 Å². The molecule has 0 saturated carbocycles. The van der Waals surface area contributed by atoms with Gasteiger partial charge in [-0.15, -0.1) is 4.79 Å². The highest BCUT2D eigenvalue weighted by Crippen LogP contribution is 2.25. The van der Waals surface area contributed by atoms with E-state index in [4.69, 9.17) is 4.74 Å². The van der Waals surface area contributed by atoms with Crippen LogP contribution in [0.1, 0.15) is 17.3 Å². The largest absolute Gasteiger partial charge is 0.494 e. The second kappa shape index (κ2) is 5.28. The molecule has 0 bridgehead atoms. The van der Waals surface area contributed by atoms with Gasteiger partial charge in [0.1, 0.15) is 11.3 Å². The number of rotatable bonds is 3. The molecule has 0 aliphatic carbocycles. The molecule has 5 nitrogen and oxygen atoms in total. The molecule has 1 aromatic heterocycles. The summed E-state index contributed by atoms with van der Waals surface area (Å²) in [4.78, 5) is 23.3. The van der Waals surface area contributed by atoms with Crippen molar-refractivity contribution in [3.05, 3.63) is 39.9 Å². The van der Waals surface area contributed by atoms with Crippen molar-refractivity contribution in [2.75, 3.05) is 13.7 Å². The molecule has 1 aromatic carbocycles. The number of carbonyl (C=O) groups is 1. The van der Waals surface area contributed by atoms with Crippen LogP contribution in [0.25, 0.3) is 10.9 Å². The average molecular weight is 283 g/mol. The van der Waals surface area contributed by atoms with E-state index in [0.717, 1.165) is 0 Å². The fourth-order valence-corrected chi connectivity index (χ4v) is 1.88. The highest BCUT2D eigenvalue weighted by Gasteiger charge is 2.25. The highest BCUT2D eigenvalue weighted by atomic mass is 19.2. The first-order valence-electron chi connectivity index (χ1n) is 5.77. The van der Waals surface area contributed by atoms with Gasteiger partial charge in [-0.1, -0.05) is 10.5 Å². The lowest BCUT2D eigenvalue weighted by Crippen LogP contribution is -2.23. The van der Waals surface area contributed by atoms with E-state index in [0.29, 0.717) is 0 Å². The quantitative estimate of drug-likeness (QED) is 0.639. The number of hydrogen-bond donors (Lipinski definition) is 0. The summed E-state index contributed by atoms with van der Waals surface area (Å²) < 4.78 is 37.4. The maximum atomic E-state index is 14.0. The Morgan fingerprint density at radius 2 is 2.10 bits per heavy atom. The summed E-state index contributed by atoms with van der Waals surface area (Å²) in [5.41, 5.74) is -2.27. The van der Waals surface area contributed by atoms with Crippen LogP contribution in [0.2, 0.25) is 0 Å². The van der Waals surface area contributed by atoms with Crippen molar-refractivity contribution in [3.8, 4) is 5.75 Å². The Hall–Kier alpha value is -2.44. The lowest BCUT2D eigenvalue weighted by Gasteiger charge is -2.10. The molecule has 7 heteroatoms. The van der Waals surface area contributed by atoms with Gasteiger partial charge in [0.25, 0.3) is 0 Å². The van der Waals surface area contributed by atoms with Crippen molar-refractivity contribution in [3.63, 3.8) is 0 Å². The minimum absolute atomic E-state index is 0.0172. The molecule has 0 fully saturated rings. The van der Waals surface area contributed by atoms with Crippen LogP contribution in [-0.2, 0) is 4.74 Å². The summed E-state index contributed by atoms with van der Waals surface area (Å²) >= 11 is 0. The van der Waals surface area contributed by atoms with Gasteiger partial charge in [0.05, 0.1) is 19.1 Å². The van der Waals surface area contributed by atoms with Gasteiger partial charge in [0.2, 0.25) is 11.4 Å². The Kier molecular flexibility index (Phi) is 3.69. The van der Waals surface area contributed by atoms with Gasteiger partial charge in [0, 0.05) is 0 Å². The molecule has 1 heterocycles.